The Kier molecular flexibility index (Phi) is 5.61. The van der Waals surface area contributed by atoms with E-state index in [-0.39, 0.29) is 51.7 Å². The molecule has 0 amide bonds. The molecule has 0 heterocycles. The van der Waals surface area contributed by atoms with Gasteiger partial charge < -0.3 is 7.96 Å². The summed E-state index contributed by atoms with van der Waals surface area (Å²) >= 11 is 0. The molecule has 0 unspecified atom stereocenters. The number of rotatable bonds is 2. The van der Waals surface area contributed by atoms with Gasteiger partial charge in [-0.05, 0) is 11.6 Å². The third kappa shape index (κ3) is 2.80. The normalized spacial score (nSPS) is 8.33. The first kappa shape index (κ1) is 12.0. The molecule has 0 atom stereocenters. The van der Waals surface area contributed by atoms with Crippen LogP contribution in [0.2, 0.25) is 0 Å². The van der Waals surface area contributed by atoms with Crippen LogP contribution in [0.15, 0.2) is 30.8 Å². The van der Waals surface area contributed by atoms with Gasteiger partial charge in [-0.3, -0.25) is 0 Å². The van der Waals surface area contributed by atoms with Crippen LogP contribution >= 0.6 is 0 Å². The van der Waals surface area contributed by atoms with Crippen molar-refractivity contribution < 1.29 is 12.8 Å². The molecule has 1 aromatic carbocycles. The molecule has 1 aromatic rings. The van der Waals surface area contributed by atoms with Crippen LogP contribution in [0.1, 0.15) is 18.8 Å². The first-order valence-electron chi connectivity index (χ1n) is 3.20. The third-order valence-electron chi connectivity index (χ3n) is 1.41. The quantitative estimate of drug-likeness (QED) is 0.843. The smallest absolute Gasteiger partial charge is 1.00 e. The summed E-state index contributed by atoms with van der Waals surface area (Å²) in [5.41, 5.74) is 0.947. The molecular weight excluding hydrogens is 277 g/mol. The zero-order valence-electron chi connectivity index (χ0n) is 8.66. The van der Waals surface area contributed by atoms with E-state index in [0.717, 1.165) is 0 Å². The topological polar surface area (TPSA) is 37.3 Å². The van der Waals surface area contributed by atoms with E-state index < -0.39 is 5.97 Å². The van der Waals surface area contributed by atoms with E-state index in [1.807, 2.05) is 0 Å². The average Bonchev–Trinajstić information content (AvgIpc) is 2.04. The van der Waals surface area contributed by atoms with Crippen LogP contribution in [-0.2, 0) is 0 Å². The Hall–Kier alpha value is 0.00143. The number of carboxylic acid groups (broad SMARTS) is 1. The van der Waals surface area contributed by atoms with Gasteiger partial charge in [-0.25, -0.2) is 4.79 Å². The van der Waals surface area contributed by atoms with E-state index in [1.54, 1.807) is 24.3 Å². The Bertz CT molecular complexity index is 303. The van der Waals surface area contributed by atoms with Crippen molar-refractivity contribution in [3.63, 3.8) is 0 Å². The Labute approximate surface area is 114 Å². The van der Waals surface area contributed by atoms with Gasteiger partial charge in [0, 0.05) is 0 Å². The predicted octanol–water partition coefficient (Wildman–Crippen LogP) is 1.87. The van der Waals surface area contributed by atoms with Crippen molar-refractivity contribution in [1.29, 1.82) is 0 Å². The van der Waals surface area contributed by atoms with Crippen molar-refractivity contribution in [2.24, 2.45) is 0 Å². The fourth-order valence-electron chi connectivity index (χ4n) is 0.870. The van der Waals surface area contributed by atoms with Gasteiger partial charge in [-0.15, -0.1) is 0 Å². The summed E-state index contributed by atoms with van der Waals surface area (Å²) in [6.07, 6.45) is 1.53. The van der Waals surface area contributed by atoms with Crippen LogP contribution < -0.4 is 0 Å². The fraction of sp³-hybridized carbons (Fsp3) is 0. The molecule has 12 heavy (non-hydrogen) atoms. The van der Waals surface area contributed by atoms with Gasteiger partial charge in [0.25, 0.3) is 0 Å². The van der Waals surface area contributed by atoms with Crippen molar-refractivity contribution in [3.05, 3.63) is 42.0 Å². The molecule has 0 aliphatic heterocycles. The van der Waals surface area contributed by atoms with E-state index in [1.165, 1.54) is 6.08 Å². The van der Waals surface area contributed by atoms with E-state index >= 15 is 0 Å². The SMILES string of the molecule is C=Cc1ccccc1C(=O)O.[Ba+2].[H-].[H-]. The van der Waals surface area contributed by atoms with Crippen LogP contribution in [0.5, 0.6) is 0 Å². The zero-order valence-corrected chi connectivity index (χ0v) is 11.1. The van der Waals surface area contributed by atoms with Crippen molar-refractivity contribution >= 4 is 60.9 Å². The summed E-state index contributed by atoms with van der Waals surface area (Å²) in [7, 11) is 0. The molecule has 2 nitrogen and oxygen atoms in total. The number of carboxylic acids is 1. The molecular formula is C9H10BaO2. The number of carbonyl (C=O) groups is 1. The number of benzene rings is 1. The van der Waals surface area contributed by atoms with Crippen LogP contribution in [0, 0.1) is 0 Å². The standard InChI is InChI=1S/C9H8O2.Ba.2H/c1-2-7-5-3-4-6-8(7)9(10)11;;;/h2-6H,1H2,(H,10,11);;;/q;+2;2*-1. The van der Waals surface area contributed by atoms with Crippen molar-refractivity contribution in [3.8, 4) is 0 Å². The minimum atomic E-state index is -0.916. The van der Waals surface area contributed by atoms with Crippen molar-refractivity contribution in [1.82, 2.24) is 0 Å². The molecule has 0 bridgehead atoms. The van der Waals surface area contributed by atoms with Gasteiger partial charge in [0.15, 0.2) is 0 Å². The monoisotopic (exact) mass is 288 g/mol. The molecule has 0 fully saturated rings. The maximum absolute atomic E-state index is 10.5. The minimum Gasteiger partial charge on any atom is -1.00 e. The number of hydrogen-bond acceptors (Lipinski definition) is 1. The summed E-state index contributed by atoms with van der Waals surface area (Å²) < 4.78 is 0. The first-order chi connectivity index (χ1) is 5.25. The average molecular weight is 288 g/mol. The molecule has 0 radical (unpaired) electrons. The molecule has 1 N–H and O–H groups in total. The zero-order chi connectivity index (χ0) is 8.27. The van der Waals surface area contributed by atoms with Gasteiger partial charge in [0.1, 0.15) is 0 Å². The summed E-state index contributed by atoms with van der Waals surface area (Å²) in [6.45, 7) is 3.51. The van der Waals surface area contributed by atoms with E-state index in [4.69, 9.17) is 5.11 Å². The molecule has 0 aliphatic rings. The Morgan fingerprint density at radius 2 is 2.08 bits per heavy atom. The molecule has 0 saturated heterocycles. The maximum atomic E-state index is 10.5. The second kappa shape index (κ2) is 5.61. The Morgan fingerprint density at radius 1 is 1.50 bits per heavy atom. The molecule has 0 aromatic heterocycles. The van der Waals surface area contributed by atoms with Crippen molar-refractivity contribution in [2.45, 2.75) is 0 Å². The summed E-state index contributed by atoms with van der Waals surface area (Å²) in [6, 6.07) is 6.75. The first-order valence-corrected chi connectivity index (χ1v) is 3.20. The fourth-order valence-corrected chi connectivity index (χ4v) is 0.870. The molecule has 1 rings (SSSR count). The van der Waals surface area contributed by atoms with Gasteiger partial charge in [0.2, 0.25) is 0 Å². The molecule has 3 heteroatoms. The second-order valence-corrected chi connectivity index (χ2v) is 2.10. The molecule has 60 valence electrons. The third-order valence-corrected chi connectivity index (χ3v) is 1.41. The van der Waals surface area contributed by atoms with E-state index in [0.29, 0.717) is 11.1 Å². The molecule has 0 aliphatic carbocycles. The molecule has 0 spiro atoms. The molecule has 0 saturated carbocycles. The van der Waals surface area contributed by atoms with Gasteiger partial charge in [-0.2, -0.15) is 0 Å². The van der Waals surface area contributed by atoms with Gasteiger partial charge in [-0.1, -0.05) is 30.9 Å². The largest absolute Gasteiger partial charge is 2.00 e. The maximum Gasteiger partial charge on any atom is 2.00 e. The Balaban J connectivity index is -0.000000403. The van der Waals surface area contributed by atoms with Crippen molar-refractivity contribution in [2.75, 3.05) is 0 Å². The van der Waals surface area contributed by atoms with Gasteiger partial charge in [0.05, 0.1) is 5.56 Å². The van der Waals surface area contributed by atoms with Crippen LogP contribution in [-0.4, -0.2) is 60.0 Å². The second-order valence-electron chi connectivity index (χ2n) is 2.10. The van der Waals surface area contributed by atoms with Crippen LogP contribution in [0.3, 0.4) is 0 Å². The van der Waals surface area contributed by atoms with Gasteiger partial charge >= 0.3 is 54.9 Å². The Morgan fingerprint density at radius 3 is 2.50 bits per heavy atom. The van der Waals surface area contributed by atoms with E-state index in [9.17, 15) is 4.79 Å². The van der Waals surface area contributed by atoms with Crippen LogP contribution in [0.4, 0.5) is 0 Å². The summed E-state index contributed by atoms with van der Waals surface area (Å²) in [5.74, 6) is -0.916. The van der Waals surface area contributed by atoms with Crippen LogP contribution in [0.25, 0.3) is 6.08 Å². The summed E-state index contributed by atoms with van der Waals surface area (Å²) in [4.78, 5) is 10.5. The summed E-state index contributed by atoms with van der Waals surface area (Å²) in [5, 5.41) is 8.65. The number of aromatic carboxylic acids is 1. The predicted molar refractivity (Wildman–Crippen MR) is 51.5 cm³/mol. The number of hydrogen-bond donors (Lipinski definition) is 1. The minimum absolute atomic E-state index is 0. The van der Waals surface area contributed by atoms with E-state index in [2.05, 4.69) is 6.58 Å².